The molecule has 16 heavy (non-hydrogen) atoms. The van der Waals surface area contributed by atoms with Crippen molar-refractivity contribution in [3.05, 3.63) is 34.3 Å². The maximum absolute atomic E-state index is 11.2. The number of aromatic nitrogens is 2. The second-order valence-electron chi connectivity index (χ2n) is 3.44. The molecule has 3 aromatic heterocycles. The van der Waals surface area contributed by atoms with E-state index in [2.05, 4.69) is 4.98 Å². The molecule has 0 atom stereocenters. The molecular formula is C11H8N2OS2. The first-order chi connectivity index (χ1) is 7.81. The van der Waals surface area contributed by atoms with Crippen molar-refractivity contribution in [2.24, 2.45) is 0 Å². The molecule has 0 aliphatic heterocycles. The van der Waals surface area contributed by atoms with Crippen molar-refractivity contribution < 1.29 is 4.79 Å². The van der Waals surface area contributed by atoms with E-state index in [0.717, 1.165) is 27.5 Å². The van der Waals surface area contributed by atoms with E-state index in [1.807, 2.05) is 34.2 Å². The molecule has 3 nitrogen and oxygen atoms in total. The van der Waals surface area contributed by atoms with Crippen molar-refractivity contribution in [3.8, 4) is 10.6 Å². The lowest BCUT2D eigenvalue weighted by atomic mass is 10.3. The average molecular weight is 248 g/mol. The summed E-state index contributed by atoms with van der Waals surface area (Å²) in [7, 11) is 0. The second-order valence-corrected chi connectivity index (χ2v) is 5.22. The Morgan fingerprint density at radius 3 is 3.00 bits per heavy atom. The minimum atomic E-state index is 0.649. The van der Waals surface area contributed by atoms with Crippen LogP contribution < -0.4 is 0 Å². The standard InChI is InChI=1S/C11H8N2OS2/c1-7-6-16-11-12-10(8(5-14)13(7)11)9-3-2-4-15-9/h2-6H,1H3. The predicted molar refractivity (Wildman–Crippen MR) is 66.5 cm³/mol. The Morgan fingerprint density at radius 1 is 1.44 bits per heavy atom. The van der Waals surface area contributed by atoms with Crippen LogP contribution >= 0.6 is 22.7 Å². The number of imidazole rings is 1. The number of carbonyl (C=O) groups is 1. The zero-order valence-electron chi connectivity index (χ0n) is 8.51. The minimum absolute atomic E-state index is 0.649. The number of nitrogens with zero attached hydrogens (tertiary/aromatic N) is 2. The van der Waals surface area contributed by atoms with Crippen molar-refractivity contribution >= 4 is 33.9 Å². The van der Waals surface area contributed by atoms with E-state index < -0.39 is 0 Å². The Morgan fingerprint density at radius 2 is 2.31 bits per heavy atom. The average Bonchev–Trinajstić information content (AvgIpc) is 2.95. The molecule has 3 rings (SSSR count). The van der Waals surface area contributed by atoms with Crippen LogP contribution in [-0.2, 0) is 0 Å². The number of aldehydes is 1. The fraction of sp³-hybridized carbons (Fsp3) is 0.0909. The quantitative estimate of drug-likeness (QED) is 0.652. The first-order valence-electron chi connectivity index (χ1n) is 4.77. The van der Waals surface area contributed by atoms with Gasteiger partial charge in [-0.05, 0) is 18.4 Å². The highest BCUT2D eigenvalue weighted by Crippen LogP contribution is 2.30. The van der Waals surface area contributed by atoms with Gasteiger partial charge in [0.05, 0.1) is 4.88 Å². The molecule has 3 heterocycles. The highest BCUT2D eigenvalue weighted by Gasteiger charge is 2.16. The van der Waals surface area contributed by atoms with Crippen molar-refractivity contribution in [2.45, 2.75) is 6.92 Å². The van der Waals surface area contributed by atoms with Gasteiger partial charge in [0.1, 0.15) is 11.4 Å². The van der Waals surface area contributed by atoms with E-state index >= 15 is 0 Å². The van der Waals surface area contributed by atoms with Gasteiger partial charge in [-0.25, -0.2) is 4.98 Å². The van der Waals surface area contributed by atoms with E-state index in [0.29, 0.717) is 5.69 Å². The van der Waals surface area contributed by atoms with Gasteiger partial charge in [0.25, 0.3) is 0 Å². The number of thiazole rings is 1. The van der Waals surface area contributed by atoms with Crippen LogP contribution in [0.15, 0.2) is 22.9 Å². The Kier molecular flexibility index (Phi) is 2.15. The number of aryl methyl sites for hydroxylation is 1. The molecule has 0 saturated carbocycles. The maximum Gasteiger partial charge on any atom is 0.195 e. The fourth-order valence-corrected chi connectivity index (χ4v) is 3.32. The number of hydrogen-bond donors (Lipinski definition) is 0. The van der Waals surface area contributed by atoms with Crippen LogP contribution in [0.1, 0.15) is 16.2 Å². The van der Waals surface area contributed by atoms with Crippen molar-refractivity contribution in [1.82, 2.24) is 9.38 Å². The number of rotatable bonds is 2. The van der Waals surface area contributed by atoms with Gasteiger partial charge >= 0.3 is 0 Å². The lowest BCUT2D eigenvalue weighted by molar-refractivity contribution is 0.111. The van der Waals surface area contributed by atoms with E-state index in [4.69, 9.17) is 0 Å². The van der Waals surface area contributed by atoms with E-state index in [1.54, 1.807) is 22.7 Å². The molecule has 0 saturated heterocycles. The van der Waals surface area contributed by atoms with Crippen LogP contribution in [0.2, 0.25) is 0 Å². The highest BCUT2D eigenvalue weighted by atomic mass is 32.1. The van der Waals surface area contributed by atoms with Crippen LogP contribution in [-0.4, -0.2) is 15.7 Å². The summed E-state index contributed by atoms with van der Waals surface area (Å²) >= 11 is 3.16. The minimum Gasteiger partial charge on any atom is -0.296 e. The summed E-state index contributed by atoms with van der Waals surface area (Å²) in [5.74, 6) is 0. The monoisotopic (exact) mass is 248 g/mol. The first-order valence-corrected chi connectivity index (χ1v) is 6.53. The summed E-state index contributed by atoms with van der Waals surface area (Å²) in [5.41, 5.74) is 2.49. The van der Waals surface area contributed by atoms with Gasteiger partial charge in [0.2, 0.25) is 0 Å². The lowest BCUT2D eigenvalue weighted by Crippen LogP contribution is -1.92. The fourth-order valence-electron chi connectivity index (χ4n) is 1.73. The van der Waals surface area contributed by atoms with Crippen LogP contribution in [0.3, 0.4) is 0 Å². The molecule has 0 amide bonds. The Bertz CT molecular complexity index is 649. The predicted octanol–water partition coefficient (Wildman–Crippen LogP) is 3.25. The summed E-state index contributed by atoms with van der Waals surface area (Å²) in [6.45, 7) is 1.98. The number of hydrogen-bond acceptors (Lipinski definition) is 4. The van der Waals surface area contributed by atoms with Crippen LogP contribution in [0.4, 0.5) is 0 Å². The van der Waals surface area contributed by atoms with E-state index in [1.165, 1.54) is 0 Å². The first kappa shape index (κ1) is 9.74. The number of carbonyl (C=O) groups excluding carboxylic acids is 1. The molecule has 0 unspecified atom stereocenters. The maximum atomic E-state index is 11.2. The molecule has 0 bridgehead atoms. The van der Waals surface area contributed by atoms with Gasteiger partial charge in [-0.3, -0.25) is 9.20 Å². The Labute approximate surface area is 100.0 Å². The molecule has 0 spiro atoms. The van der Waals surface area contributed by atoms with Crippen LogP contribution in [0.5, 0.6) is 0 Å². The molecule has 5 heteroatoms. The zero-order chi connectivity index (χ0) is 11.1. The molecule has 0 aromatic carbocycles. The van der Waals surface area contributed by atoms with Crippen molar-refractivity contribution in [1.29, 1.82) is 0 Å². The highest BCUT2D eigenvalue weighted by molar-refractivity contribution is 7.15. The van der Waals surface area contributed by atoms with Gasteiger partial charge in [-0.15, -0.1) is 22.7 Å². The molecule has 0 aliphatic rings. The normalized spacial score (nSPS) is 11.1. The second kappa shape index (κ2) is 3.54. The lowest BCUT2D eigenvalue weighted by Gasteiger charge is -1.94. The SMILES string of the molecule is Cc1csc2nc(-c3cccs3)c(C=O)n12. The smallest absolute Gasteiger partial charge is 0.195 e. The molecule has 3 aromatic rings. The third kappa shape index (κ3) is 1.25. The van der Waals surface area contributed by atoms with Gasteiger partial charge in [-0.2, -0.15) is 0 Å². The number of thiophene rings is 1. The van der Waals surface area contributed by atoms with E-state index in [9.17, 15) is 4.79 Å². The third-order valence-electron chi connectivity index (χ3n) is 2.44. The largest absolute Gasteiger partial charge is 0.296 e. The van der Waals surface area contributed by atoms with Gasteiger partial charge in [-0.1, -0.05) is 6.07 Å². The van der Waals surface area contributed by atoms with E-state index in [-0.39, 0.29) is 0 Å². The van der Waals surface area contributed by atoms with Gasteiger partial charge < -0.3 is 0 Å². The number of fused-ring (bicyclic) bond motifs is 1. The Balaban J connectivity index is 2.37. The summed E-state index contributed by atoms with van der Waals surface area (Å²) in [5, 5.41) is 4.00. The van der Waals surface area contributed by atoms with Crippen molar-refractivity contribution in [2.75, 3.05) is 0 Å². The zero-order valence-corrected chi connectivity index (χ0v) is 10.1. The topological polar surface area (TPSA) is 34.4 Å². The Hall–Kier alpha value is -1.46. The van der Waals surface area contributed by atoms with Crippen molar-refractivity contribution in [3.63, 3.8) is 0 Å². The van der Waals surface area contributed by atoms with Crippen LogP contribution in [0.25, 0.3) is 15.5 Å². The molecule has 0 aliphatic carbocycles. The molecule has 80 valence electrons. The summed E-state index contributed by atoms with van der Waals surface area (Å²) < 4.78 is 1.91. The third-order valence-corrected chi connectivity index (χ3v) is 4.26. The summed E-state index contributed by atoms with van der Waals surface area (Å²) in [6.07, 6.45) is 0.884. The molecule has 0 radical (unpaired) electrons. The molecule has 0 fully saturated rings. The van der Waals surface area contributed by atoms with Gasteiger partial charge in [0.15, 0.2) is 11.2 Å². The summed E-state index contributed by atoms with van der Waals surface area (Å²) in [6, 6.07) is 3.95. The van der Waals surface area contributed by atoms with Crippen LogP contribution in [0, 0.1) is 6.92 Å². The summed E-state index contributed by atoms with van der Waals surface area (Å²) in [4.78, 5) is 17.6. The van der Waals surface area contributed by atoms with Gasteiger partial charge in [0, 0.05) is 11.1 Å². The molecular weight excluding hydrogens is 240 g/mol. The molecule has 0 N–H and O–H groups in total.